The van der Waals surface area contributed by atoms with E-state index in [9.17, 15) is 23.6 Å². The van der Waals surface area contributed by atoms with Gasteiger partial charge in [0.1, 0.15) is 0 Å². The minimum absolute atomic E-state index is 0.0861. The van der Waals surface area contributed by atoms with Crippen molar-refractivity contribution in [1.82, 2.24) is 0 Å². The number of sulfone groups is 1. The number of benzene rings is 1. The summed E-state index contributed by atoms with van der Waals surface area (Å²) < 4.78 is 21.9. The Bertz CT molecular complexity index is 580. The molecule has 0 aliphatic heterocycles. The van der Waals surface area contributed by atoms with Crippen LogP contribution < -0.4 is 0 Å². The zero-order valence-electron chi connectivity index (χ0n) is 11.0. The highest BCUT2D eigenvalue weighted by Crippen LogP contribution is 2.26. The molecule has 1 rings (SSSR count). The summed E-state index contributed by atoms with van der Waals surface area (Å²) in [6.07, 6.45) is -0.268. The molecule has 0 aliphatic carbocycles. The Morgan fingerprint density at radius 2 is 1.89 bits per heavy atom. The molecule has 1 unspecified atom stereocenters. The third-order valence-electron chi connectivity index (χ3n) is 3.36. The number of para-hydroxylation sites is 1. The van der Waals surface area contributed by atoms with Crippen LogP contribution in [0.4, 0.5) is 5.69 Å². The van der Waals surface area contributed by atoms with E-state index in [-0.39, 0.29) is 12.1 Å². The summed E-state index contributed by atoms with van der Waals surface area (Å²) in [5, 5.41) is 20.9. The molecular formula is C12H17NO5S. The summed E-state index contributed by atoms with van der Waals surface area (Å²) in [6.45, 7) is 2.81. The van der Waals surface area contributed by atoms with Gasteiger partial charge in [0.25, 0.3) is 5.69 Å². The van der Waals surface area contributed by atoms with Crippen LogP contribution in [0.15, 0.2) is 24.3 Å². The smallest absolute Gasteiger partial charge is 0.272 e. The fraction of sp³-hybridized carbons (Fsp3) is 0.500. The first-order valence-electron chi connectivity index (χ1n) is 5.67. The predicted octanol–water partition coefficient (Wildman–Crippen LogP) is 1.32. The van der Waals surface area contributed by atoms with Gasteiger partial charge in [-0.2, -0.15) is 0 Å². The summed E-state index contributed by atoms with van der Waals surface area (Å²) in [7, 11) is -3.47. The molecule has 0 fully saturated rings. The maximum absolute atomic E-state index is 11.6. The number of nitro benzene ring substituents is 1. The van der Waals surface area contributed by atoms with Crippen LogP contribution in [0.3, 0.4) is 0 Å². The highest BCUT2D eigenvalue weighted by molar-refractivity contribution is 7.92. The molecule has 1 N–H and O–H groups in total. The standard InChI is InChI=1S/C12H17NO5S/c1-12(2,19(3,17)18)11(14)8-9-6-4-5-7-10(9)13(15)16/h4-7,11,14H,8H2,1-3H3. The quantitative estimate of drug-likeness (QED) is 0.650. The van der Waals surface area contributed by atoms with Crippen LogP contribution in [0.5, 0.6) is 0 Å². The molecular weight excluding hydrogens is 270 g/mol. The molecule has 0 radical (unpaired) electrons. The topological polar surface area (TPSA) is 97.5 Å². The maximum atomic E-state index is 11.6. The second-order valence-electron chi connectivity index (χ2n) is 4.98. The van der Waals surface area contributed by atoms with Gasteiger partial charge in [0.2, 0.25) is 0 Å². The Kier molecular flexibility index (Phi) is 4.32. The van der Waals surface area contributed by atoms with Crippen LogP contribution in [0.2, 0.25) is 0 Å². The average molecular weight is 287 g/mol. The van der Waals surface area contributed by atoms with E-state index in [2.05, 4.69) is 0 Å². The lowest BCUT2D eigenvalue weighted by Crippen LogP contribution is -2.44. The lowest BCUT2D eigenvalue weighted by atomic mass is 9.97. The van der Waals surface area contributed by atoms with Gasteiger partial charge >= 0.3 is 0 Å². The van der Waals surface area contributed by atoms with E-state index in [0.29, 0.717) is 5.56 Å². The molecule has 0 saturated carbocycles. The monoisotopic (exact) mass is 287 g/mol. The molecule has 0 heterocycles. The van der Waals surface area contributed by atoms with Crippen LogP contribution >= 0.6 is 0 Å². The van der Waals surface area contributed by atoms with Gasteiger partial charge < -0.3 is 5.11 Å². The SMILES string of the molecule is CC(C)(C(O)Cc1ccccc1[N+](=O)[O-])S(C)(=O)=O. The molecule has 0 spiro atoms. The van der Waals surface area contributed by atoms with Crippen molar-refractivity contribution in [3.05, 3.63) is 39.9 Å². The molecule has 0 bridgehead atoms. The Hall–Kier alpha value is -1.47. The van der Waals surface area contributed by atoms with Crippen LogP contribution in [0, 0.1) is 10.1 Å². The molecule has 7 heteroatoms. The number of hydrogen-bond acceptors (Lipinski definition) is 5. The lowest BCUT2D eigenvalue weighted by molar-refractivity contribution is -0.385. The van der Waals surface area contributed by atoms with Gasteiger partial charge in [0.15, 0.2) is 9.84 Å². The van der Waals surface area contributed by atoms with Gasteiger partial charge in [-0.05, 0) is 13.8 Å². The highest BCUT2D eigenvalue weighted by Gasteiger charge is 2.38. The molecule has 1 aromatic rings. The zero-order chi connectivity index (χ0) is 14.8. The predicted molar refractivity (Wildman–Crippen MR) is 71.7 cm³/mol. The summed E-state index contributed by atoms with van der Waals surface area (Å²) in [5.74, 6) is 0. The number of nitrogens with zero attached hydrogens (tertiary/aromatic N) is 1. The fourth-order valence-electron chi connectivity index (χ4n) is 1.56. The normalized spacial score (nSPS) is 14.1. The molecule has 1 atom stereocenters. The first-order chi connectivity index (χ1) is 8.57. The van der Waals surface area contributed by atoms with E-state index in [4.69, 9.17) is 0 Å². The summed E-state index contributed by atoms with van der Waals surface area (Å²) >= 11 is 0. The minimum Gasteiger partial charge on any atom is -0.391 e. The van der Waals surface area contributed by atoms with E-state index >= 15 is 0 Å². The number of hydrogen-bond donors (Lipinski definition) is 1. The van der Waals surface area contributed by atoms with E-state index in [1.165, 1.54) is 32.0 Å². The number of aliphatic hydroxyl groups excluding tert-OH is 1. The molecule has 0 aromatic heterocycles. The van der Waals surface area contributed by atoms with Crippen LogP contribution in [0.25, 0.3) is 0 Å². The molecule has 6 nitrogen and oxygen atoms in total. The summed E-state index contributed by atoms with van der Waals surface area (Å²) in [5.41, 5.74) is 0.197. The minimum atomic E-state index is -3.47. The Labute approximate surface area is 112 Å². The van der Waals surface area contributed by atoms with Crippen molar-refractivity contribution in [2.24, 2.45) is 0 Å². The summed E-state index contributed by atoms with van der Waals surface area (Å²) in [4.78, 5) is 10.3. The van der Waals surface area contributed by atoms with Crippen molar-refractivity contribution in [2.45, 2.75) is 31.1 Å². The molecule has 0 amide bonds. The van der Waals surface area contributed by atoms with Gasteiger partial charge in [-0.1, -0.05) is 18.2 Å². The van der Waals surface area contributed by atoms with E-state index < -0.39 is 25.6 Å². The van der Waals surface area contributed by atoms with Gasteiger partial charge in [-0.15, -0.1) is 0 Å². The number of nitro groups is 1. The third kappa shape index (κ3) is 3.30. The van der Waals surface area contributed by atoms with Gasteiger partial charge in [-0.3, -0.25) is 10.1 Å². The highest BCUT2D eigenvalue weighted by atomic mass is 32.2. The fourth-order valence-corrected chi connectivity index (χ4v) is 2.14. The van der Waals surface area contributed by atoms with E-state index in [0.717, 1.165) is 6.26 Å². The van der Waals surface area contributed by atoms with Gasteiger partial charge in [0.05, 0.1) is 15.8 Å². The van der Waals surface area contributed by atoms with Gasteiger partial charge in [-0.25, -0.2) is 8.42 Å². The van der Waals surface area contributed by atoms with Gasteiger partial charge in [0, 0.05) is 24.3 Å². The Morgan fingerprint density at radius 3 is 2.37 bits per heavy atom. The number of rotatable bonds is 5. The second kappa shape index (κ2) is 5.26. The molecule has 1 aromatic carbocycles. The lowest BCUT2D eigenvalue weighted by Gasteiger charge is -2.28. The van der Waals surface area contributed by atoms with Crippen molar-refractivity contribution in [2.75, 3.05) is 6.26 Å². The van der Waals surface area contributed by atoms with Crippen molar-refractivity contribution in [1.29, 1.82) is 0 Å². The first-order valence-corrected chi connectivity index (χ1v) is 7.56. The molecule has 106 valence electrons. The van der Waals surface area contributed by atoms with Crippen LogP contribution in [0.1, 0.15) is 19.4 Å². The molecule has 19 heavy (non-hydrogen) atoms. The largest absolute Gasteiger partial charge is 0.391 e. The zero-order valence-corrected chi connectivity index (χ0v) is 11.8. The maximum Gasteiger partial charge on any atom is 0.272 e. The average Bonchev–Trinajstić information content (AvgIpc) is 2.27. The first kappa shape index (κ1) is 15.6. The van der Waals surface area contributed by atoms with E-state index in [1.807, 2.05) is 0 Å². The van der Waals surface area contributed by atoms with Crippen molar-refractivity contribution in [3.8, 4) is 0 Å². The van der Waals surface area contributed by atoms with Crippen molar-refractivity contribution in [3.63, 3.8) is 0 Å². The Balaban J connectivity index is 3.08. The third-order valence-corrected chi connectivity index (χ3v) is 5.54. The number of aliphatic hydroxyl groups is 1. The van der Waals surface area contributed by atoms with Crippen LogP contribution in [-0.2, 0) is 16.3 Å². The Morgan fingerprint density at radius 1 is 1.37 bits per heavy atom. The van der Waals surface area contributed by atoms with Crippen molar-refractivity contribution >= 4 is 15.5 Å². The van der Waals surface area contributed by atoms with Crippen molar-refractivity contribution < 1.29 is 18.4 Å². The van der Waals surface area contributed by atoms with Crippen LogP contribution in [-0.4, -0.2) is 35.6 Å². The molecule has 0 saturated heterocycles. The molecule has 0 aliphatic rings. The van der Waals surface area contributed by atoms with E-state index in [1.54, 1.807) is 6.07 Å². The summed E-state index contributed by atoms with van der Waals surface area (Å²) in [6, 6.07) is 5.98. The second-order valence-corrected chi connectivity index (χ2v) is 7.58.